The van der Waals surface area contributed by atoms with Crippen LogP contribution in [-0.2, 0) is 11.3 Å². The summed E-state index contributed by atoms with van der Waals surface area (Å²) < 4.78 is 1.74. The average Bonchev–Trinajstić information content (AvgIpc) is 2.93. The Morgan fingerprint density at radius 2 is 2.19 bits per heavy atom. The molecule has 0 bridgehead atoms. The van der Waals surface area contributed by atoms with Crippen molar-refractivity contribution in [3.63, 3.8) is 0 Å². The molecule has 3 rings (SSSR count). The molecular weight excluding hydrogens is 266 g/mol. The Bertz CT molecular complexity index is 723. The standard InChI is InChI=1S/C16H19N3O2/c1-12-6-8-18(11-12)16(21)7-9-19-14-5-3-2-4-13(14)15(20)10-17-19/h2-5,10,12H,6-9,11H2,1H3/t12-/m1/s1. The number of hydrogen-bond acceptors (Lipinski definition) is 3. The first kappa shape index (κ1) is 13.8. The quantitative estimate of drug-likeness (QED) is 0.861. The van der Waals surface area contributed by atoms with Crippen molar-refractivity contribution >= 4 is 16.8 Å². The monoisotopic (exact) mass is 285 g/mol. The second-order valence-electron chi connectivity index (χ2n) is 5.73. The van der Waals surface area contributed by atoms with Crippen LogP contribution in [0.3, 0.4) is 0 Å². The van der Waals surface area contributed by atoms with Crippen LogP contribution in [0.15, 0.2) is 35.3 Å². The maximum Gasteiger partial charge on any atom is 0.224 e. The van der Waals surface area contributed by atoms with E-state index in [0.717, 1.165) is 25.0 Å². The number of fused-ring (bicyclic) bond motifs is 1. The van der Waals surface area contributed by atoms with Crippen molar-refractivity contribution in [3.8, 4) is 0 Å². The summed E-state index contributed by atoms with van der Waals surface area (Å²) in [5.74, 6) is 0.768. The molecule has 1 aliphatic rings. The number of nitrogens with zero attached hydrogens (tertiary/aromatic N) is 3. The third-order valence-corrected chi connectivity index (χ3v) is 4.08. The fraction of sp³-hybridized carbons (Fsp3) is 0.438. The largest absolute Gasteiger partial charge is 0.342 e. The van der Waals surface area contributed by atoms with Gasteiger partial charge in [-0.1, -0.05) is 19.1 Å². The summed E-state index contributed by atoms with van der Waals surface area (Å²) in [6.45, 7) is 4.39. The van der Waals surface area contributed by atoms with Gasteiger partial charge in [0.05, 0.1) is 18.3 Å². The number of amides is 1. The molecule has 1 atom stereocenters. The molecule has 1 fully saturated rings. The molecule has 0 radical (unpaired) electrons. The molecule has 0 N–H and O–H groups in total. The van der Waals surface area contributed by atoms with Gasteiger partial charge in [0.25, 0.3) is 0 Å². The molecule has 0 spiro atoms. The van der Waals surface area contributed by atoms with E-state index in [2.05, 4.69) is 12.0 Å². The number of aromatic nitrogens is 2. The third-order valence-electron chi connectivity index (χ3n) is 4.08. The molecule has 21 heavy (non-hydrogen) atoms. The molecule has 0 aliphatic carbocycles. The van der Waals surface area contributed by atoms with Crippen LogP contribution in [0.1, 0.15) is 19.8 Å². The predicted octanol–water partition coefficient (Wildman–Crippen LogP) is 1.65. The molecule has 1 aromatic carbocycles. The van der Waals surface area contributed by atoms with Gasteiger partial charge >= 0.3 is 0 Å². The highest BCUT2D eigenvalue weighted by Crippen LogP contribution is 2.16. The van der Waals surface area contributed by atoms with E-state index >= 15 is 0 Å². The topological polar surface area (TPSA) is 55.2 Å². The Labute approximate surface area is 123 Å². The highest BCUT2D eigenvalue weighted by atomic mass is 16.2. The maximum atomic E-state index is 12.2. The second kappa shape index (κ2) is 5.68. The number of carbonyl (C=O) groups is 1. The molecule has 1 aliphatic heterocycles. The van der Waals surface area contributed by atoms with Crippen LogP contribution in [0.4, 0.5) is 0 Å². The van der Waals surface area contributed by atoms with Gasteiger partial charge in [0.2, 0.25) is 11.3 Å². The predicted molar refractivity (Wildman–Crippen MR) is 81.0 cm³/mol. The minimum atomic E-state index is -0.0819. The molecule has 2 aromatic rings. The van der Waals surface area contributed by atoms with Crippen molar-refractivity contribution in [2.24, 2.45) is 5.92 Å². The SMILES string of the molecule is C[C@@H]1CCN(C(=O)CCn2ncc(=O)c3ccccc32)C1. The zero-order valence-electron chi connectivity index (χ0n) is 12.2. The summed E-state index contributed by atoms with van der Waals surface area (Å²) in [4.78, 5) is 25.9. The fourth-order valence-electron chi connectivity index (χ4n) is 2.86. The van der Waals surface area contributed by atoms with Gasteiger partial charge in [0, 0.05) is 24.9 Å². The minimum absolute atomic E-state index is 0.0819. The lowest BCUT2D eigenvalue weighted by Gasteiger charge is -2.16. The number of benzene rings is 1. The molecular formula is C16H19N3O2. The van der Waals surface area contributed by atoms with Crippen LogP contribution in [0.5, 0.6) is 0 Å². The van der Waals surface area contributed by atoms with E-state index in [-0.39, 0.29) is 11.3 Å². The van der Waals surface area contributed by atoms with E-state index in [1.807, 2.05) is 23.1 Å². The molecule has 1 saturated heterocycles. The van der Waals surface area contributed by atoms with Gasteiger partial charge < -0.3 is 4.90 Å². The van der Waals surface area contributed by atoms with Gasteiger partial charge in [0.15, 0.2) is 0 Å². The zero-order valence-corrected chi connectivity index (χ0v) is 12.2. The molecule has 110 valence electrons. The van der Waals surface area contributed by atoms with Crippen LogP contribution >= 0.6 is 0 Å². The van der Waals surface area contributed by atoms with Gasteiger partial charge in [-0.25, -0.2) is 0 Å². The second-order valence-corrected chi connectivity index (χ2v) is 5.73. The smallest absolute Gasteiger partial charge is 0.224 e. The van der Waals surface area contributed by atoms with Crippen LogP contribution in [0.2, 0.25) is 0 Å². The minimum Gasteiger partial charge on any atom is -0.342 e. The Kier molecular flexibility index (Phi) is 3.73. The van der Waals surface area contributed by atoms with E-state index in [4.69, 9.17) is 0 Å². The van der Waals surface area contributed by atoms with Crippen molar-refractivity contribution in [1.82, 2.24) is 14.7 Å². The summed E-state index contributed by atoms with van der Waals surface area (Å²) in [5.41, 5.74) is 0.703. The van der Waals surface area contributed by atoms with Crippen molar-refractivity contribution in [3.05, 3.63) is 40.7 Å². The van der Waals surface area contributed by atoms with Gasteiger partial charge in [-0.15, -0.1) is 0 Å². The van der Waals surface area contributed by atoms with Crippen LogP contribution in [-0.4, -0.2) is 33.7 Å². The highest BCUT2D eigenvalue weighted by molar-refractivity contribution is 5.79. The highest BCUT2D eigenvalue weighted by Gasteiger charge is 2.22. The van der Waals surface area contributed by atoms with Crippen molar-refractivity contribution < 1.29 is 4.79 Å². The van der Waals surface area contributed by atoms with Crippen molar-refractivity contribution in [2.45, 2.75) is 26.3 Å². The fourth-order valence-corrected chi connectivity index (χ4v) is 2.86. The molecule has 0 saturated carbocycles. The summed E-state index contributed by atoms with van der Waals surface area (Å²) in [5, 5.41) is 4.80. The molecule has 0 unspecified atom stereocenters. The molecule has 2 heterocycles. The first-order chi connectivity index (χ1) is 10.1. The van der Waals surface area contributed by atoms with Crippen LogP contribution in [0, 0.1) is 5.92 Å². The molecule has 1 aromatic heterocycles. The van der Waals surface area contributed by atoms with Gasteiger partial charge in [-0.2, -0.15) is 5.10 Å². The van der Waals surface area contributed by atoms with E-state index in [1.54, 1.807) is 10.7 Å². The average molecular weight is 285 g/mol. The van der Waals surface area contributed by atoms with Gasteiger partial charge in [-0.3, -0.25) is 14.3 Å². The van der Waals surface area contributed by atoms with Gasteiger partial charge in [0.1, 0.15) is 0 Å². The Hall–Kier alpha value is -2.17. The normalized spacial score (nSPS) is 18.3. The van der Waals surface area contributed by atoms with E-state index < -0.39 is 0 Å². The van der Waals surface area contributed by atoms with Crippen molar-refractivity contribution in [1.29, 1.82) is 0 Å². The Morgan fingerprint density at radius 1 is 1.38 bits per heavy atom. The number of carbonyl (C=O) groups excluding carboxylic acids is 1. The van der Waals surface area contributed by atoms with Crippen LogP contribution in [0.25, 0.3) is 10.9 Å². The summed E-state index contributed by atoms with van der Waals surface area (Å²) in [6, 6.07) is 7.38. The third kappa shape index (κ3) is 2.82. The van der Waals surface area contributed by atoms with Gasteiger partial charge in [-0.05, 0) is 24.5 Å². The molecule has 1 amide bonds. The number of likely N-dealkylation sites (tertiary alicyclic amines) is 1. The first-order valence-corrected chi connectivity index (χ1v) is 7.38. The number of aryl methyl sites for hydroxylation is 1. The Morgan fingerprint density at radius 3 is 2.95 bits per heavy atom. The summed E-state index contributed by atoms with van der Waals surface area (Å²) in [6.07, 6.45) is 2.84. The first-order valence-electron chi connectivity index (χ1n) is 7.38. The lowest BCUT2D eigenvalue weighted by molar-refractivity contribution is -0.130. The van der Waals surface area contributed by atoms with E-state index in [1.165, 1.54) is 6.20 Å². The zero-order chi connectivity index (χ0) is 14.8. The number of hydrogen-bond donors (Lipinski definition) is 0. The van der Waals surface area contributed by atoms with Crippen molar-refractivity contribution in [2.75, 3.05) is 13.1 Å². The lowest BCUT2D eigenvalue weighted by atomic mass is 10.2. The summed E-state index contributed by atoms with van der Waals surface area (Å²) >= 11 is 0. The van der Waals surface area contributed by atoms with E-state index in [0.29, 0.717) is 24.3 Å². The Balaban J connectivity index is 1.75. The summed E-state index contributed by atoms with van der Waals surface area (Å²) in [7, 11) is 0. The van der Waals surface area contributed by atoms with E-state index in [9.17, 15) is 9.59 Å². The number of rotatable bonds is 3. The maximum absolute atomic E-state index is 12.2. The molecule has 5 nitrogen and oxygen atoms in total. The molecule has 5 heteroatoms. The van der Waals surface area contributed by atoms with Crippen LogP contribution < -0.4 is 5.43 Å². The lowest BCUT2D eigenvalue weighted by Crippen LogP contribution is -2.29. The number of para-hydroxylation sites is 1.